The molecule has 1 aliphatic rings. The van der Waals surface area contributed by atoms with E-state index in [0.29, 0.717) is 26.5 Å². The average Bonchev–Trinajstić information content (AvgIpc) is 3.13. The number of halogens is 1. The van der Waals surface area contributed by atoms with E-state index in [9.17, 15) is 4.79 Å². The number of amides is 1. The fourth-order valence-electron chi connectivity index (χ4n) is 3.71. The highest BCUT2D eigenvalue weighted by Crippen LogP contribution is 2.38. The van der Waals surface area contributed by atoms with Gasteiger partial charge in [-0.1, -0.05) is 65.9 Å². The van der Waals surface area contributed by atoms with Gasteiger partial charge >= 0.3 is 0 Å². The van der Waals surface area contributed by atoms with Crippen molar-refractivity contribution in [3.63, 3.8) is 0 Å². The number of hydrogen-bond acceptors (Lipinski definition) is 5. The number of rotatable bonds is 8. The number of hydrogen-bond donors (Lipinski definition) is 0. The predicted octanol–water partition coefficient (Wildman–Crippen LogP) is 7.17. The number of thioether (sulfide) groups is 1. The first-order valence-corrected chi connectivity index (χ1v) is 12.7. The molecule has 0 aliphatic carbocycles. The summed E-state index contributed by atoms with van der Waals surface area (Å²) < 4.78 is 6.74. The molecule has 1 amide bonds. The molecular weight excluding hydrogens is 484 g/mol. The van der Waals surface area contributed by atoms with Gasteiger partial charge in [0.1, 0.15) is 12.4 Å². The van der Waals surface area contributed by atoms with Crippen LogP contribution in [0.2, 0.25) is 5.02 Å². The number of benzene rings is 3. The minimum atomic E-state index is -0.154. The van der Waals surface area contributed by atoms with E-state index in [1.54, 1.807) is 24.3 Å². The fraction of sp³-hybridized carbons (Fsp3) is 0.185. The van der Waals surface area contributed by atoms with E-state index in [2.05, 4.69) is 24.8 Å². The lowest BCUT2D eigenvalue weighted by Gasteiger charge is -2.22. The summed E-state index contributed by atoms with van der Waals surface area (Å²) >= 11 is 12.8. The number of ether oxygens (including phenoxy) is 1. The van der Waals surface area contributed by atoms with E-state index in [1.807, 2.05) is 48.5 Å². The molecule has 1 saturated heterocycles. The predicted molar refractivity (Wildman–Crippen MR) is 148 cm³/mol. The Morgan fingerprint density at radius 1 is 1.03 bits per heavy atom. The van der Waals surface area contributed by atoms with Gasteiger partial charge in [-0.05, 0) is 61.9 Å². The number of carbonyl (C=O) groups excluding carboxylic acids is 1. The molecule has 0 radical (unpaired) electrons. The van der Waals surface area contributed by atoms with Crippen LogP contribution >= 0.6 is 35.6 Å². The van der Waals surface area contributed by atoms with Gasteiger partial charge in [-0.15, -0.1) is 0 Å². The van der Waals surface area contributed by atoms with Crippen molar-refractivity contribution in [3.05, 3.63) is 93.9 Å². The van der Waals surface area contributed by atoms with Gasteiger partial charge in [0.25, 0.3) is 5.91 Å². The molecule has 34 heavy (non-hydrogen) atoms. The van der Waals surface area contributed by atoms with Crippen LogP contribution < -0.4 is 14.5 Å². The summed E-state index contributed by atoms with van der Waals surface area (Å²) in [7, 11) is 0. The minimum absolute atomic E-state index is 0.154. The minimum Gasteiger partial charge on any atom is -0.488 e. The van der Waals surface area contributed by atoms with E-state index in [4.69, 9.17) is 28.6 Å². The molecule has 0 aromatic heterocycles. The molecule has 0 atom stereocenters. The summed E-state index contributed by atoms with van der Waals surface area (Å²) in [6.45, 7) is 6.49. The van der Waals surface area contributed by atoms with Crippen molar-refractivity contribution in [1.29, 1.82) is 0 Å². The van der Waals surface area contributed by atoms with Gasteiger partial charge < -0.3 is 9.64 Å². The van der Waals surface area contributed by atoms with E-state index in [0.717, 1.165) is 35.7 Å². The molecule has 0 saturated carbocycles. The lowest BCUT2D eigenvalue weighted by atomic mass is 10.1. The molecule has 3 aromatic carbocycles. The first-order chi connectivity index (χ1) is 16.5. The molecule has 0 N–H and O–H groups in total. The third-order valence-electron chi connectivity index (χ3n) is 5.53. The van der Waals surface area contributed by atoms with Crippen LogP contribution in [0.25, 0.3) is 6.08 Å². The van der Waals surface area contributed by atoms with Gasteiger partial charge in [-0.3, -0.25) is 9.69 Å². The maximum Gasteiger partial charge on any atom is 0.270 e. The molecule has 4 rings (SSSR count). The highest BCUT2D eigenvalue weighted by molar-refractivity contribution is 8.27. The van der Waals surface area contributed by atoms with E-state index in [-0.39, 0.29) is 5.91 Å². The van der Waals surface area contributed by atoms with Crippen molar-refractivity contribution < 1.29 is 9.53 Å². The Morgan fingerprint density at radius 2 is 1.74 bits per heavy atom. The maximum absolute atomic E-state index is 13.2. The summed E-state index contributed by atoms with van der Waals surface area (Å²) in [5.41, 5.74) is 3.70. The van der Waals surface area contributed by atoms with Crippen molar-refractivity contribution >= 4 is 63.3 Å². The molecular formula is C27H25ClN2O2S2. The van der Waals surface area contributed by atoms with E-state index in [1.165, 1.54) is 16.7 Å². The molecule has 0 bridgehead atoms. The largest absolute Gasteiger partial charge is 0.488 e. The van der Waals surface area contributed by atoms with Crippen LogP contribution in [0.15, 0.2) is 77.7 Å². The van der Waals surface area contributed by atoms with Gasteiger partial charge in [0.05, 0.1) is 10.6 Å². The Hall–Kier alpha value is -2.80. The molecule has 0 unspecified atom stereocenters. The number of anilines is 2. The zero-order valence-corrected chi connectivity index (χ0v) is 21.4. The van der Waals surface area contributed by atoms with Crippen molar-refractivity contribution in [2.75, 3.05) is 22.9 Å². The molecule has 0 spiro atoms. The van der Waals surface area contributed by atoms with Crippen molar-refractivity contribution in [1.82, 2.24) is 0 Å². The highest BCUT2D eigenvalue weighted by atomic mass is 35.5. The second-order valence-corrected chi connectivity index (χ2v) is 9.77. The van der Waals surface area contributed by atoms with Gasteiger partial charge in [0.2, 0.25) is 0 Å². The SMILES string of the molecule is CCN(CC)c1ccc(/C=C2\SC(=S)N(c3ccc(Cl)cc3)C2=O)c(OCc2ccccc2)c1. The van der Waals surface area contributed by atoms with Crippen molar-refractivity contribution in [3.8, 4) is 5.75 Å². The molecule has 1 heterocycles. The van der Waals surface area contributed by atoms with Gasteiger partial charge in [0.15, 0.2) is 4.32 Å². The zero-order valence-electron chi connectivity index (χ0n) is 19.0. The lowest BCUT2D eigenvalue weighted by molar-refractivity contribution is -0.113. The summed E-state index contributed by atoms with van der Waals surface area (Å²) in [4.78, 5) is 17.6. The topological polar surface area (TPSA) is 32.8 Å². The molecule has 3 aromatic rings. The van der Waals surface area contributed by atoms with Crippen LogP contribution in [0.1, 0.15) is 25.0 Å². The smallest absolute Gasteiger partial charge is 0.270 e. The van der Waals surface area contributed by atoms with Crippen LogP contribution in [0.5, 0.6) is 5.75 Å². The summed E-state index contributed by atoms with van der Waals surface area (Å²) in [5, 5.41) is 0.609. The highest BCUT2D eigenvalue weighted by Gasteiger charge is 2.33. The van der Waals surface area contributed by atoms with Gasteiger partial charge in [-0.25, -0.2) is 0 Å². The van der Waals surface area contributed by atoms with Gasteiger partial charge in [-0.2, -0.15) is 0 Å². The summed E-state index contributed by atoms with van der Waals surface area (Å²) in [5.74, 6) is 0.573. The third-order valence-corrected chi connectivity index (χ3v) is 7.08. The second-order valence-electron chi connectivity index (χ2n) is 7.66. The van der Waals surface area contributed by atoms with Crippen LogP contribution in [0, 0.1) is 0 Å². The standard InChI is InChI=1S/C27H25ClN2O2S2/c1-3-29(4-2)23-13-10-20(24(17-23)32-18-19-8-6-5-7-9-19)16-25-26(31)30(27(33)34-25)22-14-11-21(28)12-15-22/h5-17H,3-4,18H2,1-2H3/b25-16-. The van der Waals surface area contributed by atoms with Crippen molar-refractivity contribution in [2.24, 2.45) is 0 Å². The molecule has 174 valence electrons. The normalized spacial score (nSPS) is 14.7. The fourth-order valence-corrected chi connectivity index (χ4v) is 5.13. The van der Waals surface area contributed by atoms with Crippen LogP contribution in [0.3, 0.4) is 0 Å². The van der Waals surface area contributed by atoms with Crippen molar-refractivity contribution in [2.45, 2.75) is 20.5 Å². The monoisotopic (exact) mass is 508 g/mol. The maximum atomic E-state index is 13.2. The Balaban J connectivity index is 1.66. The van der Waals surface area contributed by atoms with Crippen LogP contribution in [-0.4, -0.2) is 23.3 Å². The molecule has 7 heteroatoms. The third kappa shape index (κ3) is 5.46. The quantitative estimate of drug-likeness (QED) is 0.238. The first-order valence-electron chi connectivity index (χ1n) is 11.1. The van der Waals surface area contributed by atoms with Crippen LogP contribution in [0.4, 0.5) is 11.4 Å². The van der Waals surface area contributed by atoms with E-state index >= 15 is 0 Å². The molecule has 1 aliphatic heterocycles. The number of carbonyl (C=O) groups is 1. The molecule has 4 nitrogen and oxygen atoms in total. The summed E-state index contributed by atoms with van der Waals surface area (Å²) in [6.07, 6.45) is 1.86. The summed E-state index contributed by atoms with van der Waals surface area (Å²) in [6, 6.07) is 23.2. The average molecular weight is 509 g/mol. The van der Waals surface area contributed by atoms with Gasteiger partial charge in [0, 0.05) is 35.4 Å². The first kappa shape index (κ1) is 24.3. The van der Waals surface area contributed by atoms with Crippen LogP contribution in [-0.2, 0) is 11.4 Å². The second kappa shape index (κ2) is 11.1. The Kier molecular flexibility index (Phi) is 7.93. The van der Waals surface area contributed by atoms with E-state index < -0.39 is 0 Å². The Labute approximate surface area is 215 Å². The molecule has 1 fully saturated rings. The Morgan fingerprint density at radius 3 is 2.41 bits per heavy atom. The number of thiocarbonyl (C=S) groups is 1. The zero-order chi connectivity index (χ0) is 24.1. The lowest BCUT2D eigenvalue weighted by Crippen LogP contribution is -2.27. The Bertz CT molecular complexity index is 1210. The number of nitrogens with zero attached hydrogens (tertiary/aromatic N) is 2.